The molecule has 1 aliphatic carbocycles. The van der Waals surface area contributed by atoms with Gasteiger partial charge in [-0.15, -0.1) is 0 Å². The molecule has 0 radical (unpaired) electrons. The molecular formula is C14H20ClN. The molecule has 0 heterocycles. The maximum absolute atomic E-state index is 6.29. The summed E-state index contributed by atoms with van der Waals surface area (Å²) in [6.07, 6.45) is 7.60. The van der Waals surface area contributed by atoms with Gasteiger partial charge in [0.1, 0.15) is 0 Å². The first-order valence-electron chi connectivity index (χ1n) is 6.26. The molecule has 0 saturated heterocycles. The SMILES string of the molecule is NC(Cc1ccccc1Cl)C1CCCCC1. The molecule has 1 aromatic carbocycles. The Hall–Kier alpha value is -0.530. The first-order chi connectivity index (χ1) is 7.77. The Morgan fingerprint density at radius 2 is 1.88 bits per heavy atom. The molecule has 2 heteroatoms. The zero-order valence-corrected chi connectivity index (χ0v) is 10.4. The normalized spacial score (nSPS) is 19.6. The lowest BCUT2D eigenvalue weighted by Gasteiger charge is -2.27. The minimum atomic E-state index is 0.278. The molecule has 0 amide bonds. The van der Waals surface area contributed by atoms with Crippen LogP contribution in [0.15, 0.2) is 24.3 Å². The van der Waals surface area contributed by atoms with Crippen LogP contribution in [0.5, 0.6) is 0 Å². The van der Waals surface area contributed by atoms with Gasteiger partial charge in [-0.1, -0.05) is 49.1 Å². The Kier molecular flexibility index (Phi) is 4.25. The molecule has 0 spiro atoms. The van der Waals surface area contributed by atoms with E-state index in [4.69, 9.17) is 17.3 Å². The number of halogens is 1. The van der Waals surface area contributed by atoms with Crippen molar-refractivity contribution < 1.29 is 0 Å². The van der Waals surface area contributed by atoms with Crippen molar-refractivity contribution in [2.75, 3.05) is 0 Å². The van der Waals surface area contributed by atoms with Crippen LogP contribution in [0.1, 0.15) is 37.7 Å². The molecule has 0 bridgehead atoms. The minimum absolute atomic E-state index is 0.278. The van der Waals surface area contributed by atoms with E-state index in [2.05, 4.69) is 6.07 Å². The minimum Gasteiger partial charge on any atom is -0.327 e. The highest BCUT2D eigenvalue weighted by molar-refractivity contribution is 6.31. The Morgan fingerprint density at radius 1 is 1.19 bits per heavy atom. The number of nitrogens with two attached hydrogens (primary N) is 1. The summed E-state index contributed by atoms with van der Waals surface area (Å²) in [5, 5.41) is 0.855. The maximum atomic E-state index is 6.29. The Labute approximate surface area is 103 Å². The predicted octanol–water partition coefficient (Wildman–Crippen LogP) is 3.79. The first-order valence-corrected chi connectivity index (χ1v) is 6.64. The van der Waals surface area contributed by atoms with E-state index >= 15 is 0 Å². The van der Waals surface area contributed by atoms with Gasteiger partial charge in [0.25, 0.3) is 0 Å². The molecule has 0 aliphatic heterocycles. The van der Waals surface area contributed by atoms with Crippen LogP contribution in [0.25, 0.3) is 0 Å². The van der Waals surface area contributed by atoms with Crippen molar-refractivity contribution in [3.05, 3.63) is 34.9 Å². The van der Waals surface area contributed by atoms with Crippen LogP contribution >= 0.6 is 11.6 Å². The van der Waals surface area contributed by atoms with Crippen LogP contribution in [-0.2, 0) is 6.42 Å². The van der Waals surface area contributed by atoms with Gasteiger partial charge in [0.15, 0.2) is 0 Å². The molecule has 0 aromatic heterocycles. The van der Waals surface area contributed by atoms with E-state index in [9.17, 15) is 0 Å². The summed E-state index contributed by atoms with van der Waals surface area (Å²) < 4.78 is 0. The lowest BCUT2D eigenvalue weighted by molar-refractivity contribution is 0.303. The lowest BCUT2D eigenvalue weighted by atomic mass is 9.82. The lowest BCUT2D eigenvalue weighted by Crippen LogP contribution is -2.33. The average molecular weight is 238 g/mol. The highest BCUT2D eigenvalue weighted by Crippen LogP contribution is 2.28. The monoisotopic (exact) mass is 237 g/mol. The van der Waals surface area contributed by atoms with Crippen molar-refractivity contribution in [1.82, 2.24) is 0 Å². The van der Waals surface area contributed by atoms with Gasteiger partial charge in [-0.25, -0.2) is 0 Å². The van der Waals surface area contributed by atoms with Gasteiger partial charge in [-0.3, -0.25) is 0 Å². The Morgan fingerprint density at radius 3 is 2.56 bits per heavy atom. The third-order valence-corrected chi connectivity index (χ3v) is 4.04. The van der Waals surface area contributed by atoms with Crippen molar-refractivity contribution in [1.29, 1.82) is 0 Å². The standard InChI is InChI=1S/C14H20ClN/c15-13-9-5-4-8-12(13)10-14(16)11-6-2-1-3-7-11/h4-5,8-9,11,14H,1-3,6-7,10,16H2. The average Bonchev–Trinajstić information content (AvgIpc) is 2.33. The second kappa shape index (κ2) is 5.70. The fraction of sp³-hybridized carbons (Fsp3) is 0.571. The summed E-state index contributed by atoms with van der Waals surface area (Å²) in [6, 6.07) is 8.32. The van der Waals surface area contributed by atoms with Crippen LogP contribution in [0.3, 0.4) is 0 Å². The number of rotatable bonds is 3. The Bertz CT molecular complexity index is 331. The van der Waals surface area contributed by atoms with Gasteiger partial charge in [0.05, 0.1) is 0 Å². The summed E-state index contributed by atoms with van der Waals surface area (Å²) in [5.74, 6) is 0.699. The first kappa shape index (κ1) is 11.9. The summed E-state index contributed by atoms with van der Waals surface area (Å²) in [4.78, 5) is 0. The molecule has 88 valence electrons. The van der Waals surface area contributed by atoms with E-state index in [0.717, 1.165) is 11.4 Å². The van der Waals surface area contributed by atoms with Crippen molar-refractivity contribution in [2.24, 2.45) is 11.7 Å². The summed E-state index contributed by atoms with van der Waals surface area (Å²) in [7, 11) is 0. The molecule has 1 nitrogen and oxygen atoms in total. The third-order valence-electron chi connectivity index (χ3n) is 3.67. The molecule has 1 unspecified atom stereocenters. The zero-order valence-electron chi connectivity index (χ0n) is 9.66. The fourth-order valence-electron chi connectivity index (χ4n) is 2.65. The van der Waals surface area contributed by atoms with Crippen LogP contribution in [-0.4, -0.2) is 6.04 Å². The summed E-state index contributed by atoms with van der Waals surface area (Å²) in [6.45, 7) is 0. The summed E-state index contributed by atoms with van der Waals surface area (Å²) >= 11 is 6.15. The summed E-state index contributed by atoms with van der Waals surface area (Å²) in [5.41, 5.74) is 7.49. The Balaban J connectivity index is 1.96. The molecule has 16 heavy (non-hydrogen) atoms. The molecule has 1 saturated carbocycles. The van der Waals surface area contributed by atoms with Gasteiger partial charge in [-0.05, 0) is 36.8 Å². The van der Waals surface area contributed by atoms with Gasteiger partial charge in [0.2, 0.25) is 0 Å². The molecule has 1 aromatic rings. The van der Waals surface area contributed by atoms with Crippen LogP contribution in [0.2, 0.25) is 5.02 Å². The van der Waals surface area contributed by atoms with Crippen LogP contribution in [0.4, 0.5) is 0 Å². The van der Waals surface area contributed by atoms with E-state index in [1.165, 1.54) is 37.7 Å². The van der Waals surface area contributed by atoms with Crippen molar-refractivity contribution in [2.45, 2.75) is 44.6 Å². The smallest absolute Gasteiger partial charge is 0.0438 e. The molecule has 2 N–H and O–H groups in total. The molecule has 1 aliphatic rings. The van der Waals surface area contributed by atoms with Gasteiger partial charge < -0.3 is 5.73 Å². The van der Waals surface area contributed by atoms with E-state index in [-0.39, 0.29) is 6.04 Å². The molecular weight excluding hydrogens is 218 g/mol. The zero-order chi connectivity index (χ0) is 11.4. The van der Waals surface area contributed by atoms with Gasteiger partial charge in [0, 0.05) is 11.1 Å². The number of hydrogen-bond donors (Lipinski definition) is 1. The van der Waals surface area contributed by atoms with Crippen LogP contribution < -0.4 is 5.73 Å². The largest absolute Gasteiger partial charge is 0.327 e. The number of benzene rings is 1. The molecule has 1 fully saturated rings. The van der Waals surface area contributed by atoms with Crippen molar-refractivity contribution in [3.8, 4) is 0 Å². The van der Waals surface area contributed by atoms with E-state index < -0.39 is 0 Å². The highest BCUT2D eigenvalue weighted by atomic mass is 35.5. The molecule has 1 atom stereocenters. The topological polar surface area (TPSA) is 26.0 Å². The van der Waals surface area contributed by atoms with E-state index in [1.54, 1.807) is 0 Å². The fourth-order valence-corrected chi connectivity index (χ4v) is 2.86. The van der Waals surface area contributed by atoms with E-state index in [0.29, 0.717) is 5.92 Å². The highest BCUT2D eigenvalue weighted by Gasteiger charge is 2.21. The predicted molar refractivity (Wildman–Crippen MR) is 69.7 cm³/mol. The van der Waals surface area contributed by atoms with Gasteiger partial charge >= 0.3 is 0 Å². The van der Waals surface area contributed by atoms with E-state index in [1.807, 2.05) is 18.2 Å². The molecule has 2 rings (SSSR count). The van der Waals surface area contributed by atoms with Gasteiger partial charge in [-0.2, -0.15) is 0 Å². The number of hydrogen-bond acceptors (Lipinski definition) is 1. The van der Waals surface area contributed by atoms with Crippen molar-refractivity contribution >= 4 is 11.6 Å². The van der Waals surface area contributed by atoms with Crippen molar-refractivity contribution in [3.63, 3.8) is 0 Å². The quantitative estimate of drug-likeness (QED) is 0.851. The third kappa shape index (κ3) is 2.99. The maximum Gasteiger partial charge on any atom is 0.0438 e. The second-order valence-corrected chi connectivity index (χ2v) is 5.26. The second-order valence-electron chi connectivity index (χ2n) is 4.86. The van der Waals surface area contributed by atoms with Crippen LogP contribution in [0, 0.1) is 5.92 Å².